The van der Waals surface area contributed by atoms with Crippen LogP contribution < -0.4 is 22.3 Å². The van der Waals surface area contributed by atoms with Crippen LogP contribution >= 0.6 is 11.6 Å². The topological polar surface area (TPSA) is 149 Å². The molecule has 1 unspecified atom stereocenters. The Bertz CT molecular complexity index is 1200. The molecular formula is C20H21ClN8O. The van der Waals surface area contributed by atoms with Gasteiger partial charge in [-0.05, 0) is 43.9 Å². The van der Waals surface area contributed by atoms with Crippen molar-refractivity contribution in [2.24, 2.45) is 11.7 Å². The van der Waals surface area contributed by atoms with E-state index in [1.807, 2.05) is 6.07 Å². The lowest BCUT2D eigenvalue weighted by Crippen LogP contribution is -2.31. The molecule has 4 rings (SSSR count). The Morgan fingerprint density at radius 1 is 1.37 bits per heavy atom. The fraction of sp³-hybridized carbons (Fsp3) is 0.350. The summed E-state index contributed by atoms with van der Waals surface area (Å²) in [4.78, 5) is 26.2. The van der Waals surface area contributed by atoms with Crippen molar-refractivity contribution in [2.75, 3.05) is 17.6 Å². The van der Waals surface area contributed by atoms with E-state index in [1.54, 1.807) is 22.8 Å². The maximum absolute atomic E-state index is 13.3. The lowest BCUT2D eigenvalue weighted by molar-refractivity contribution is 0.530. The number of rotatable bonds is 7. The molecule has 1 atom stereocenters. The van der Waals surface area contributed by atoms with E-state index in [2.05, 4.69) is 15.3 Å². The Morgan fingerprint density at radius 2 is 2.17 bits per heavy atom. The summed E-state index contributed by atoms with van der Waals surface area (Å²) in [5.41, 5.74) is 12.0. The quantitative estimate of drug-likeness (QED) is 0.522. The zero-order valence-electron chi connectivity index (χ0n) is 16.2. The van der Waals surface area contributed by atoms with Crippen molar-refractivity contribution >= 4 is 34.1 Å². The van der Waals surface area contributed by atoms with Gasteiger partial charge in [-0.3, -0.25) is 9.36 Å². The monoisotopic (exact) mass is 424 g/mol. The largest absolute Gasteiger partial charge is 0.382 e. The van der Waals surface area contributed by atoms with E-state index >= 15 is 0 Å². The number of nitrogens with one attached hydrogen (secondary N) is 1. The van der Waals surface area contributed by atoms with Crippen LogP contribution in [0.5, 0.6) is 0 Å². The fourth-order valence-electron chi connectivity index (χ4n) is 3.53. The van der Waals surface area contributed by atoms with Crippen LogP contribution in [0.2, 0.25) is 5.02 Å². The van der Waals surface area contributed by atoms with E-state index < -0.39 is 0 Å². The molecule has 2 aromatic heterocycles. The van der Waals surface area contributed by atoms with E-state index in [-0.39, 0.29) is 28.9 Å². The summed E-state index contributed by atoms with van der Waals surface area (Å²) in [5.74, 6) is 1.25. The molecule has 2 heterocycles. The minimum Gasteiger partial charge on any atom is -0.382 e. The smallest absolute Gasteiger partial charge is 0.262 e. The predicted octanol–water partition coefficient (Wildman–Crippen LogP) is 2.21. The number of benzene rings is 1. The zero-order valence-corrected chi connectivity index (χ0v) is 16.9. The molecule has 1 aliphatic rings. The highest BCUT2D eigenvalue weighted by Gasteiger charge is 2.36. The van der Waals surface area contributed by atoms with Crippen molar-refractivity contribution in [1.29, 1.82) is 5.26 Å². The van der Waals surface area contributed by atoms with E-state index in [0.717, 1.165) is 12.8 Å². The first-order chi connectivity index (χ1) is 14.5. The molecule has 30 heavy (non-hydrogen) atoms. The standard InChI is InChI=1S/C20H21ClN8O/c21-13-3-1-4-14-15(13)20(30)29(8-2-7-22)19(27-14)16(11-5-6-11)28-18-12(9-23)17(24)25-10-26-18/h1,3-4,10-11,16H,2,5-8,22H2,(H3,24,25,26,28). The van der Waals surface area contributed by atoms with Crippen molar-refractivity contribution < 1.29 is 0 Å². The van der Waals surface area contributed by atoms with Gasteiger partial charge in [0.2, 0.25) is 0 Å². The lowest BCUT2D eigenvalue weighted by atomic mass is 10.1. The second-order valence-corrected chi connectivity index (χ2v) is 7.66. The molecule has 0 aliphatic heterocycles. The number of nitrogens with zero attached hydrogens (tertiary/aromatic N) is 5. The number of hydrogen-bond acceptors (Lipinski definition) is 8. The molecular weight excluding hydrogens is 404 g/mol. The molecule has 1 fully saturated rings. The SMILES string of the molecule is N#Cc1c(N)ncnc1NC(c1nc2cccc(Cl)c2c(=O)n1CCCN)C1CC1. The number of nitriles is 1. The molecule has 0 saturated heterocycles. The zero-order chi connectivity index (χ0) is 21.3. The van der Waals surface area contributed by atoms with Gasteiger partial charge in [0.15, 0.2) is 0 Å². The van der Waals surface area contributed by atoms with Crippen molar-refractivity contribution in [2.45, 2.75) is 31.8 Å². The molecule has 3 aromatic rings. The molecule has 0 radical (unpaired) electrons. The molecule has 5 N–H and O–H groups in total. The summed E-state index contributed by atoms with van der Waals surface area (Å²) in [6, 6.07) is 6.94. The van der Waals surface area contributed by atoms with E-state index in [1.165, 1.54) is 6.33 Å². The summed E-state index contributed by atoms with van der Waals surface area (Å²) >= 11 is 6.30. The van der Waals surface area contributed by atoms with E-state index in [4.69, 9.17) is 28.1 Å². The summed E-state index contributed by atoms with van der Waals surface area (Å²) in [6.07, 6.45) is 3.87. The van der Waals surface area contributed by atoms with Gasteiger partial charge < -0.3 is 16.8 Å². The number of fused-ring (bicyclic) bond motifs is 1. The Morgan fingerprint density at radius 3 is 2.87 bits per heavy atom. The van der Waals surface area contributed by atoms with Crippen LogP contribution in [0, 0.1) is 17.2 Å². The molecule has 10 heteroatoms. The minimum absolute atomic E-state index is 0.100. The molecule has 154 valence electrons. The second-order valence-electron chi connectivity index (χ2n) is 7.26. The highest BCUT2D eigenvalue weighted by atomic mass is 35.5. The Labute approximate surface area is 177 Å². The Balaban J connectivity index is 1.88. The van der Waals surface area contributed by atoms with Crippen LogP contribution in [0.15, 0.2) is 29.3 Å². The predicted molar refractivity (Wildman–Crippen MR) is 115 cm³/mol. The number of anilines is 2. The fourth-order valence-corrected chi connectivity index (χ4v) is 3.78. The normalized spacial score (nSPS) is 14.4. The third-order valence-corrected chi connectivity index (χ3v) is 5.52. The van der Waals surface area contributed by atoms with Crippen LogP contribution in [0.3, 0.4) is 0 Å². The molecule has 0 bridgehead atoms. The van der Waals surface area contributed by atoms with Gasteiger partial charge in [-0.15, -0.1) is 0 Å². The number of aromatic nitrogens is 4. The average Bonchev–Trinajstić information content (AvgIpc) is 3.56. The van der Waals surface area contributed by atoms with Gasteiger partial charge in [-0.25, -0.2) is 15.0 Å². The highest BCUT2D eigenvalue weighted by molar-refractivity contribution is 6.35. The molecule has 1 aliphatic carbocycles. The Kier molecular flexibility index (Phi) is 5.53. The van der Waals surface area contributed by atoms with Crippen molar-refractivity contribution in [3.05, 3.63) is 51.3 Å². The molecule has 0 amide bonds. The summed E-state index contributed by atoms with van der Waals surface area (Å²) < 4.78 is 1.63. The van der Waals surface area contributed by atoms with Crippen LogP contribution in [-0.4, -0.2) is 26.1 Å². The lowest BCUT2D eigenvalue weighted by Gasteiger charge is -2.23. The van der Waals surface area contributed by atoms with E-state index in [9.17, 15) is 10.1 Å². The second kappa shape index (κ2) is 8.26. The summed E-state index contributed by atoms with van der Waals surface area (Å²) in [5, 5.41) is 13.5. The van der Waals surface area contributed by atoms with Crippen LogP contribution in [0.25, 0.3) is 10.9 Å². The Hall–Kier alpha value is -3.22. The summed E-state index contributed by atoms with van der Waals surface area (Å²) in [6.45, 7) is 0.857. The third kappa shape index (κ3) is 3.67. The molecule has 1 saturated carbocycles. The maximum atomic E-state index is 13.3. The first-order valence-electron chi connectivity index (χ1n) is 9.71. The molecule has 0 spiro atoms. The first-order valence-corrected chi connectivity index (χ1v) is 10.1. The van der Waals surface area contributed by atoms with E-state index in [0.29, 0.717) is 47.1 Å². The van der Waals surface area contributed by atoms with Crippen LogP contribution in [0.4, 0.5) is 11.6 Å². The van der Waals surface area contributed by atoms with Gasteiger partial charge in [0.1, 0.15) is 35.4 Å². The van der Waals surface area contributed by atoms with Gasteiger partial charge in [0.05, 0.1) is 22.0 Å². The van der Waals surface area contributed by atoms with Gasteiger partial charge in [-0.1, -0.05) is 17.7 Å². The van der Waals surface area contributed by atoms with Gasteiger partial charge in [0.25, 0.3) is 5.56 Å². The molecule has 1 aromatic carbocycles. The average molecular weight is 425 g/mol. The summed E-state index contributed by atoms with van der Waals surface area (Å²) in [7, 11) is 0. The van der Waals surface area contributed by atoms with Crippen molar-refractivity contribution in [1.82, 2.24) is 19.5 Å². The van der Waals surface area contributed by atoms with Gasteiger partial charge in [-0.2, -0.15) is 5.26 Å². The maximum Gasteiger partial charge on any atom is 0.262 e. The highest BCUT2D eigenvalue weighted by Crippen LogP contribution is 2.42. The molecule has 9 nitrogen and oxygen atoms in total. The van der Waals surface area contributed by atoms with Crippen LogP contribution in [-0.2, 0) is 6.54 Å². The van der Waals surface area contributed by atoms with Gasteiger partial charge in [0, 0.05) is 6.54 Å². The first kappa shape index (κ1) is 20.1. The van der Waals surface area contributed by atoms with Crippen molar-refractivity contribution in [3.8, 4) is 6.07 Å². The van der Waals surface area contributed by atoms with Crippen LogP contribution in [0.1, 0.15) is 36.7 Å². The van der Waals surface area contributed by atoms with Crippen molar-refractivity contribution in [3.63, 3.8) is 0 Å². The third-order valence-electron chi connectivity index (χ3n) is 5.20. The number of nitrogens with two attached hydrogens (primary N) is 2. The van der Waals surface area contributed by atoms with Gasteiger partial charge >= 0.3 is 0 Å². The minimum atomic E-state index is -0.319. The number of hydrogen-bond donors (Lipinski definition) is 3. The number of nitrogen functional groups attached to an aromatic ring is 1. The number of halogens is 1.